The van der Waals surface area contributed by atoms with Crippen LogP contribution >= 0.6 is 28.1 Å². The smallest absolute Gasteiger partial charge is 0.262 e. The molecule has 6 rings (SSSR count). The molecule has 9 heteroatoms. The molecule has 7 nitrogen and oxygen atoms in total. The minimum absolute atomic E-state index is 0.0766. The Balaban J connectivity index is 1.28. The number of carbonyl (C=O) groups excluding carboxylic acids is 1. The fourth-order valence-electron chi connectivity index (χ4n) is 4.97. The Labute approximate surface area is 251 Å². The molecule has 3 aromatic carbocycles. The predicted molar refractivity (Wildman–Crippen MR) is 168 cm³/mol. The van der Waals surface area contributed by atoms with Crippen LogP contribution in [0.4, 0.5) is 11.4 Å². The topological polar surface area (TPSA) is 71.4 Å². The molecule has 0 bridgehead atoms. The second-order valence-electron chi connectivity index (χ2n) is 9.47. The van der Waals surface area contributed by atoms with Gasteiger partial charge in [-0.15, -0.1) is 0 Å². The van der Waals surface area contributed by atoms with Crippen LogP contribution in [0.15, 0.2) is 126 Å². The lowest BCUT2D eigenvalue weighted by Gasteiger charge is -2.29. The highest BCUT2D eigenvalue weighted by molar-refractivity contribution is 9.10. The molecule has 0 unspecified atom stereocenters. The number of hydrogen-bond donors (Lipinski definition) is 2. The summed E-state index contributed by atoms with van der Waals surface area (Å²) in [5, 5.41) is 7.01. The zero-order chi connectivity index (χ0) is 28.2. The first-order valence-corrected chi connectivity index (χ1v) is 14.3. The lowest BCUT2D eigenvalue weighted by molar-refractivity contribution is -0.118. The van der Waals surface area contributed by atoms with E-state index in [2.05, 4.69) is 65.4 Å². The quantitative estimate of drug-likeness (QED) is 0.185. The van der Waals surface area contributed by atoms with Gasteiger partial charge in [-0.3, -0.25) is 9.78 Å². The van der Waals surface area contributed by atoms with Crippen molar-refractivity contribution in [2.75, 3.05) is 16.8 Å². The highest BCUT2D eigenvalue weighted by Crippen LogP contribution is 2.42. The van der Waals surface area contributed by atoms with Crippen LogP contribution in [0.2, 0.25) is 0 Å². The van der Waals surface area contributed by atoms with Gasteiger partial charge in [0, 0.05) is 39.6 Å². The van der Waals surface area contributed by atoms with Crippen LogP contribution in [0.5, 0.6) is 5.75 Å². The number of halogens is 1. The van der Waals surface area contributed by atoms with Gasteiger partial charge in [0.1, 0.15) is 11.8 Å². The minimum atomic E-state index is -0.236. The van der Waals surface area contributed by atoms with Crippen molar-refractivity contribution in [1.29, 1.82) is 0 Å². The van der Waals surface area contributed by atoms with E-state index in [1.807, 2.05) is 91.0 Å². The number of nitrogens with zero attached hydrogens (tertiary/aromatic N) is 3. The molecule has 1 fully saturated rings. The maximum atomic E-state index is 12.5. The van der Waals surface area contributed by atoms with Gasteiger partial charge in [-0.25, -0.2) is 0 Å². The number of hydrogen-bond acceptors (Lipinski definition) is 4. The highest BCUT2D eigenvalue weighted by Gasteiger charge is 2.42. The SMILES string of the molecule is O=C(COc1ccccc1)Nc1ccc(N2C(=S)N[C@@H](c3ccccn3)[C@@H]2c2cccn2-c2ccc(Br)cc2)cc1. The number of anilines is 2. The molecule has 41 heavy (non-hydrogen) atoms. The summed E-state index contributed by atoms with van der Waals surface area (Å²) in [6.07, 6.45) is 3.86. The first kappa shape index (κ1) is 26.7. The molecule has 1 aliphatic rings. The molecule has 2 atom stereocenters. The number of aromatic nitrogens is 2. The largest absolute Gasteiger partial charge is 0.484 e. The summed E-state index contributed by atoms with van der Waals surface area (Å²) >= 11 is 9.43. The number of para-hydroxylation sites is 1. The number of nitrogens with one attached hydrogen (secondary N) is 2. The fourth-order valence-corrected chi connectivity index (χ4v) is 5.58. The van der Waals surface area contributed by atoms with Gasteiger partial charge in [-0.05, 0) is 97.1 Å². The lowest BCUT2D eigenvalue weighted by atomic mass is 10.0. The number of rotatable bonds is 8. The standard InChI is InChI=1S/C32H26BrN5O2S/c33-22-11-15-24(16-12-22)37-20-6-10-28(37)31-30(27-9-4-5-19-34-27)36-32(41)38(31)25-17-13-23(14-18-25)35-29(39)21-40-26-7-2-1-3-8-26/h1-20,30-31H,21H2,(H,35,39)(H,36,41)/t30-,31-/m0/s1. The van der Waals surface area contributed by atoms with Gasteiger partial charge in [-0.1, -0.05) is 40.2 Å². The van der Waals surface area contributed by atoms with Crippen LogP contribution in [0, 0.1) is 0 Å². The summed E-state index contributed by atoms with van der Waals surface area (Å²) in [5.41, 5.74) is 4.57. The van der Waals surface area contributed by atoms with Crippen molar-refractivity contribution < 1.29 is 9.53 Å². The van der Waals surface area contributed by atoms with E-state index >= 15 is 0 Å². The molecule has 1 aliphatic heterocycles. The van der Waals surface area contributed by atoms with Crippen molar-refractivity contribution in [2.24, 2.45) is 0 Å². The second-order valence-corrected chi connectivity index (χ2v) is 10.8. The average Bonchev–Trinajstić information content (AvgIpc) is 3.62. The van der Waals surface area contributed by atoms with Crippen molar-refractivity contribution in [3.05, 3.63) is 137 Å². The van der Waals surface area contributed by atoms with Crippen LogP contribution in [0.3, 0.4) is 0 Å². The molecular weight excluding hydrogens is 598 g/mol. The minimum Gasteiger partial charge on any atom is -0.484 e. The summed E-state index contributed by atoms with van der Waals surface area (Å²) in [7, 11) is 0. The first-order chi connectivity index (χ1) is 20.1. The number of ether oxygens (including phenoxy) is 1. The zero-order valence-electron chi connectivity index (χ0n) is 21.9. The van der Waals surface area contributed by atoms with Crippen LogP contribution in [0.25, 0.3) is 5.69 Å². The third kappa shape index (κ3) is 5.86. The van der Waals surface area contributed by atoms with Crippen LogP contribution in [0.1, 0.15) is 23.5 Å². The number of carbonyl (C=O) groups is 1. The van der Waals surface area contributed by atoms with E-state index in [1.54, 1.807) is 6.20 Å². The van der Waals surface area contributed by atoms with E-state index in [-0.39, 0.29) is 24.6 Å². The summed E-state index contributed by atoms with van der Waals surface area (Å²) in [5.74, 6) is 0.412. The van der Waals surface area contributed by atoms with Crippen LogP contribution in [-0.2, 0) is 4.79 Å². The average molecular weight is 625 g/mol. The van der Waals surface area contributed by atoms with E-state index in [4.69, 9.17) is 17.0 Å². The molecule has 0 spiro atoms. The first-order valence-electron chi connectivity index (χ1n) is 13.1. The summed E-state index contributed by atoms with van der Waals surface area (Å²) < 4.78 is 8.76. The van der Waals surface area contributed by atoms with Crippen LogP contribution in [-0.4, -0.2) is 27.2 Å². The molecule has 2 aromatic heterocycles. The Hall–Kier alpha value is -4.47. The Kier molecular flexibility index (Phi) is 7.80. The maximum Gasteiger partial charge on any atom is 0.262 e. The molecule has 0 saturated carbocycles. The Morgan fingerprint density at radius 2 is 1.63 bits per heavy atom. The van der Waals surface area contributed by atoms with Crippen molar-refractivity contribution in [2.45, 2.75) is 12.1 Å². The van der Waals surface area contributed by atoms with Crippen molar-refractivity contribution in [1.82, 2.24) is 14.9 Å². The number of benzene rings is 3. The Bertz CT molecular complexity index is 1640. The molecule has 3 heterocycles. The normalized spacial score (nSPS) is 16.3. The predicted octanol–water partition coefficient (Wildman–Crippen LogP) is 6.83. The zero-order valence-corrected chi connectivity index (χ0v) is 24.3. The van der Waals surface area contributed by atoms with E-state index in [0.29, 0.717) is 16.5 Å². The summed E-state index contributed by atoms with van der Waals surface area (Å²) in [4.78, 5) is 19.3. The lowest BCUT2D eigenvalue weighted by Crippen LogP contribution is -2.30. The highest BCUT2D eigenvalue weighted by atomic mass is 79.9. The Morgan fingerprint density at radius 3 is 2.37 bits per heavy atom. The molecule has 2 N–H and O–H groups in total. The van der Waals surface area contributed by atoms with Gasteiger partial charge in [0.2, 0.25) is 0 Å². The molecule has 0 aliphatic carbocycles. The van der Waals surface area contributed by atoms with E-state index < -0.39 is 0 Å². The van der Waals surface area contributed by atoms with E-state index in [1.165, 1.54) is 0 Å². The van der Waals surface area contributed by atoms with Crippen molar-refractivity contribution in [3.8, 4) is 11.4 Å². The summed E-state index contributed by atoms with van der Waals surface area (Å²) in [6, 6.07) is 34.9. The van der Waals surface area contributed by atoms with Gasteiger partial charge >= 0.3 is 0 Å². The van der Waals surface area contributed by atoms with Gasteiger partial charge < -0.3 is 24.8 Å². The third-order valence-electron chi connectivity index (χ3n) is 6.83. The van der Waals surface area contributed by atoms with Gasteiger partial charge in [0.15, 0.2) is 11.7 Å². The number of pyridine rings is 1. The molecule has 204 valence electrons. The number of amides is 1. The van der Waals surface area contributed by atoms with Gasteiger partial charge in [0.25, 0.3) is 5.91 Å². The van der Waals surface area contributed by atoms with Crippen LogP contribution < -0.4 is 20.3 Å². The second kappa shape index (κ2) is 12.0. The van der Waals surface area contributed by atoms with Crippen molar-refractivity contribution in [3.63, 3.8) is 0 Å². The third-order valence-corrected chi connectivity index (χ3v) is 7.67. The maximum absolute atomic E-state index is 12.5. The fraction of sp³-hybridized carbons (Fsp3) is 0.0938. The van der Waals surface area contributed by atoms with Crippen molar-refractivity contribution >= 4 is 50.5 Å². The molecule has 5 aromatic rings. The summed E-state index contributed by atoms with van der Waals surface area (Å²) in [6.45, 7) is -0.0766. The van der Waals surface area contributed by atoms with E-state index in [9.17, 15) is 4.79 Å². The van der Waals surface area contributed by atoms with Gasteiger partial charge in [-0.2, -0.15) is 0 Å². The molecule has 0 radical (unpaired) electrons. The number of thiocarbonyl (C=S) groups is 1. The molecular formula is C32H26BrN5O2S. The Morgan fingerprint density at radius 1 is 0.902 bits per heavy atom. The van der Waals surface area contributed by atoms with Gasteiger partial charge in [0.05, 0.1) is 11.7 Å². The molecule has 1 amide bonds. The monoisotopic (exact) mass is 623 g/mol. The van der Waals surface area contributed by atoms with E-state index in [0.717, 1.165) is 27.2 Å². The molecule has 1 saturated heterocycles.